The van der Waals surface area contributed by atoms with Crippen LogP contribution in [0, 0.1) is 17.8 Å². The second-order valence-corrected chi connectivity index (χ2v) is 7.17. The van der Waals surface area contributed by atoms with Crippen LogP contribution in [-0.4, -0.2) is 23.1 Å². The predicted octanol–water partition coefficient (Wildman–Crippen LogP) is 2.31. The molecule has 1 aromatic carbocycles. The predicted molar refractivity (Wildman–Crippen MR) is 96.0 cm³/mol. The molecule has 4 nitrogen and oxygen atoms in total. The first kappa shape index (κ1) is 18.5. The summed E-state index contributed by atoms with van der Waals surface area (Å²) in [5, 5.41) is 14.1. The Morgan fingerprint density at radius 2 is 1.88 bits per heavy atom. The van der Waals surface area contributed by atoms with Crippen LogP contribution >= 0.6 is 0 Å². The molecule has 1 amide bonds. The van der Waals surface area contributed by atoms with Crippen molar-refractivity contribution in [1.82, 2.24) is 5.32 Å². The molecule has 0 spiro atoms. The molecule has 0 bridgehead atoms. The van der Waals surface area contributed by atoms with Crippen LogP contribution in [0.4, 0.5) is 0 Å². The van der Waals surface area contributed by atoms with Crippen LogP contribution in [0.3, 0.4) is 0 Å². The van der Waals surface area contributed by atoms with Crippen molar-refractivity contribution in [3.05, 3.63) is 35.9 Å². The Kier molecular flexibility index (Phi) is 6.04. The van der Waals surface area contributed by atoms with Gasteiger partial charge in [0.1, 0.15) is 0 Å². The van der Waals surface area contributed by atoms with Crippen molar-refractivity contribution >= 4 is 5.91 Å². The van der Waals surface area contributed by atoms with Gasteiger partial charge in [-0.25, -0.2) is 0 Å². The minimum Gasteiger partial charge on any atom is -0.375 e. The molecule has 0 aliphatic heterocycles. The molecular formula is C20H28N2O2. The van der Waals surface area contributed by atoms with Gasteiger partial charge in [-0.2, -0.15) is 0 Å². The molecule has 0 heterocycles. The second kappa shape index (κ2) is 7.83. The highest BCUT2D eigenvalue weighted by molar-refractivity contribution is 5.87. The van der Waals surface area contributed by atoms with Crippen LogP contribution in [-0.2, 0) is 10.4 Å². The molecule has 1 aliphatic carbocycles. The molecule has 1 unspecified atom stereocenters. The molecule has 1 aliphatic rings. The fourth-order valence-corrected chi connectivity index (χ4v) is 3.30. The molecule has 0 saturated heterocycles. The van der Waals surface area contributed by atoms with Gasteiger partial charge in [0.05, 0.1) is 12.1 Å². The number of aliphatic hydroxyl groups is 1. The van der Waals surface area contributed by atoms with Crippen LogP contribution in [0.25, 0.3) is 0 Å². The largest absolute Gasteiger partial charge is 0.375 e. The summed E-state index contributed by atoms with van der Waals surface area (Å²) < 4.78 is 0. The number of nitrogens with two attached hydrogens (primary N) is 1. The highest BCUT2D eigenvalue weighted by Gasteiger charge is 2.45. The van der Waals surface area contributed by atoms with E-state index in [0.717, 1.165) is 25.7 Å². The van der Waals surface area contributed by atoms with Crippen LogP contribution in [0.2, 0.25) is 0 Å². The Labute approximate surface area is 144 Å². The molecule has 1 fully saturated rings. The molecule has 2 rings (SSSR count). The topological polar surface area (TPSA) is 75.3 Å². The Morgan fingerprint density at radius 3 is 2.46 bits per heavy atom. The number of benzene rings is 1. The minimum atomic E-state index is -1.50. The van der Waals surface area contributed by atoms with Gasteiger partial charge in [-0.3, -0.25) is 4.79 Å². The van der Waals surface area contributed by atoms with Gasteiger partial charge < -0.3 is 16.2 Å². The fourth-order valence-electron chi connectivity index (χ4n) is 3.30. The van der Waals surface area contributed by atoms with Gasteiger partial charge in [0.15, 0.2) is 5.60 Å². The van der Waals surface area contributed by atoms with Crippen LogP contribution < -0.4 is 11.1 Å². The summed E-state index contributed by atoms with van der Waals surface area (Å²) in [4.78, 5) is 12.8. The van der Waals surface area contributed by atoms with Gasteiger partial charge in [-0.1, -0.05) is 61.4 Å². The van der Waals surface area contributed by atoms with Crippen LogP contribution in [0.1, 0.15) is 51.5 Å². The van der Waals surface area contributed by atoms with E-state index in [-0.39, 0.29) is 18.4 Å². The zero-order valence-corrected chi connectivity index (χ0v) is 14.6. The zero-order valence-electron chi connectivity index (χ0n) is 14.6. The summed E-state index contributed by atoms with van der Waals surface area (Å²) >= 11 is 0. The normalized spacial score (nSPS) is 18.2. The summed E-state index contributed by atoms with van der Waals surface area (Å²) in [5.41, 5.74) is 4.37. The Hall–Kier alpha value is -1.83. The number of hydrogen-bond donors (Lipinski definition) is 3. The van der Waals surface area contributed by atoms with E-state index in [4.69, 9.17) is 5.73 Å². The maximum atomic E-state index is 12.8. The molecule has 0 radical (unpaired) electrons. The van der Waals surface area contributed by atoms with Crippen molar-refractivity contribution in [2.24, 2.45) is 11.7 Å². The van der Waals surface area contributed by atoms with Crippen molar-refractivity contribution < 1.29 is 9.90 Å². The van der Waals surface area contributed by atoms with Gasteiger partial charge in [0, 0.05) is 5.92 Å². The van der Waals surface area contributed by atoms with E-state index in [1.807, 2.05) is 44.2 Å². The summed E-state index contributed by atoms with van der Waals surface area (Å²) in [6.07, 6.45) is 4.99. The van der Waals surface area contributed by atoms with Crippen molar-refractivity contribution in [3.8, 4) is 11.8 Å². The smallest absolute Gasteiger partial charge is 0.257 e. The van der Waals surface area contributed by atoms with Gasteiger partial charge >= 0.3 is 0 Å². The van der Waals surface area contributed by atoms with Gasteiger partial charge in [-0.05, 0) is 32.3 Å². The summed E-state index contributed by atoms with van der Waals surface area (Å²) in [7, 11) is 0. The van der Waals surface area contributed by atoms with Crippen molar-refractivity contribution in [2.45, 2.75) is 57.1 Å². The molecule has 1 saturated carbocycles. The highest BCUT2D eigenvalue weighted by Crippen LogP contribution is 2.39. The molecule has 1 aromatic rings. The van der Waals surface area contributed by atoms with E-state index < -0.39 is 11.1 Å². The van der Waals surface area contributed by atoms with Crippen molar-refractivity contribution in [1.29, 1.82) is 0 Å². The lowest BCUT2D eigenvalue weighted by Crippen LogP contribution is -2.50. The summed E-state index contributed by atoms with van der Waals surface area (Å²) in [5.74, 6) is 5.31. The number of hydrogen-bond acceptors (Lipinski definition) is 3. The maximum Gasteiger partial charge on any atom is 0.257 e. The third-order valence-corrected chi connectivity index (χ3v) is 4.50. The second-order valence-electron chi connectivity index (χ2n) is 7.17. The summed E-state index contributed by atoms with van der Waals surface area (Å²) in [6.45, 7) is 3.80. The Morgan fingerprint density at radius 1 is 1.25 bits per heavy atom. The van der Waals surface area contributed by atoms with E-state index in [2.05, 4.69) is 17.2 Å². The van der Waals surface area contributed by atoms with E-state index in [1.165, 1.54) is 6.42 Å². The summed E-state index contributed by atoms with van der Waals surface area (Å²) in [6, 6.07) is 9.24. The van der Waals surface area contributed by atoms with Gasteiger partial charge in [-0.15, -0.1) is 0 Å². The molecule has 24 heavy (non-hydrogen) atoms. The lowest BCUT2D eigenvalue weighted by Gasteiger charge is -2.37. The van der Waals surface area contributed by atoms with E-state index in [0.29, 0.717) is 5.56 Å². The average Bonchev–Trinajstić information content (AvgIpc) is 2.58. The highest BCUT2D eigenvalue weighted by atomic mass is 16.3. The quantitative estimate of drug-likeness (QED) is 0.743. The molecule has 1 atom stereocenters. The van der Waals surface area contributed by atoms with Gasteiger partial charge in [0.2, 0.25) is 0 Å². The van der Waals surface area contributed by atoms with Gasteiger partial charge in [0.25, 0.3) is 5.91 Å². The fraction of sp³-hybridized carbons (Fsp3) is 0.550. The number of nitrogens with one attached hydrogen (secondary N) is 1. The zero-order chi connectivity index (χ0) is 17.6. The van der Waals surface area contributed by atoms with Crippen molar-refractivity contribution in [3.63, 3.8) is 0 Å². The number of amides is 1. The first-order chi connectivity index (χ1) is 11.3. The van der Waals surface area contributed by atoms with E-state index in [1.54, 1.807) is 0 Å². The molecular weight excluding hydrogens is 300 g/mol. The first-order valence-electron chi connectivity index (χ1n) is 8.69. The Bertz CT molecular complexity index is 604. The molecule has 4 heteroatoms. The SMILES string of the molecule is CC(C)(N)C#CCNC(=O)C(O)(c1ccccc1)C1CCCCC1. The van der Waals surface area contributed by atoms with Crippen LogP contribution in [0.15, 0.2) is 30.3 Å². The molecule has 130 valence electrons. The maximum absolute atomic E-state index is 12.8. The molecule has 0 aromatic heterocycles. The third-order valence-electron chi connectivity index (χ3n) is 4.50. The number of carbonyl (C=O) groups is 1. The lowest BCUT2D eigenvalue weighted by atomic mass is 9.73. The monoisotopic (exact) mass is 328 g/mol. The van der Waals surface area contributed by atoms with E-state index >= 15 is 0 Å². The Balaban J connectivity index is 2.19. The average molecular weight is 328 g/mol. The van der Waals surface area contributed by atoms with E-state index in [9.17, 15) is 9.90 Å². The number of carbonyl (C=O) groups excluding carboxylic acids is 1. The minimum absolute atomic E-state index is 0.0624. The third kappa shape index (κ3) is 4.59. The molecule has 4 N–H and O–H groups in total. The standard InChI is InChI=1S/C20H28N2O2/c1-19(2,21)14-9-15-22-18(23)20(24,16-10-5-3-6-11-16)17-12-7-4-8-13-17/h3,5-6,10-11,17,24H,4,7-8,12-13,15,21H2,1-2H3,(H,22,23). The first-order valence-corrected chi connectivity index (χ1v) is 8.69. The lowest BCUT2D eigenvalue weighted by molar-refractivity contribution is -0.149. The van der Waals surface area contributed by atoms with Crippen LogP contribution in [0.5, 0.6) is 0 Å². The number of rotatable bonds is 4. The van der Waals surface area contributed by atoms with Crippen molar-refractivity contribution in [2.75, 3.05) is 6.54 Å².